The van der Waals surface area contributed by atoms with Gasteiger partial charge < -0.3 is 27.2 Å². The second kappa shape index (κ2) is 12.5. The Morgan fingerprint density at radius 2 is 1.62 bits per heavy atom. The summed E-state index contributed by atoms with van der Waals surface area (Å²) in [5, 5.41) is 14.1. The van der Waals surface area contributed by atoms with Gasteiger partial charge in [0.05, 0.1) is 6.04 Å². The highest BCUT2D eigenvalue weighted by Gasteiger charge is 2.28. The van der Waals surface area contributed by atoms with Crippen LogP contribution in [0.2, 0.25) is 0 Å². The first-order valence-electron chi connectivity index (χ1n) is 8.44. The molecule has 0 aromatic heterocycles. The molecule has 26 heavy (non-hydrogen) atoms. The number of rotatable bonds is 13. The van der Waals surface area contributed by atoms with Crippen molar-refractivity contribution >= 4 is 35.5 Å². The number of carbonyl (C=O) groups excluding carboxylic acids is 3. The summed E-state index contributed by atoms with van der Waals surface area (Å²) in [7, 11) is 0. The summed E-state index contributed by atoms with van der Waals surface area (Å²) in [5.74, 6) is -2.25. The summed E-state index contributed by atoms with van der Waals surface area (Å²) in [6, 6.07) is -2.96. The van der Waals surface area contributed by atoms with Gasteiger partial charge in [0.25, 0.3) is 0 Å². The third-order valence-corrected chi connectivity index (χ3v) is 4.24. The molecule has 7 N–H and O–H groups in total. The van der Waals surface area contributed by atoms with Crippen LogP contribution in [0.5, 0.6) is 0 Å². The minimum absolute atomic E-state index is 0.0316. The minimum Gasteiger partial charge on any atom is -0.480 e. The molecule has 0 bridgehead atoms. The fraction of sp³-hybridized carbons (Fsp3) is 0.750. The first-order chi connectivity index (χ1) is 12.1. The van der Waals surface area contributed by atoms with Crippen LogP contribution in [0, 0.1) is 5.92 Å². The number of thioether (sulfide) groups is 1. The molecule has 0 aliphatic heterocycles. The van der Waals surface area contributed by atoms with Crippen LogP contribution in [0.15, 0.2) is 0 Å². The molecule has 3 atom stereocenters. The standard InChI is InChI=1S/C16H30N4O5S/c1-9(2)8-10(17)14(22)19-11(4-5-13(18)21)15(23)20-12(16(24)25)6-7-26-3/h9-12H,4-8,17H2,1-3H3,(H2,18,21)(H,19,22)(H,20,23)(H,24,25). The number of primary amides is 1. The number of nitrogens with two attached hydrogens (primary N) is 2. The van der Waals surface area contributed by atoms with Crippen molar-refractivity contribution in [1.82, 2.24) is 10.6 Å². The molecule has 9 nitrogen and oxygen atoms in total. The Hall–Kier alpha value is -1.81. The molecule has 10 heteroatoms. The van der Waals surface area contributed by atoms with E-state index in [1.54, 1.807) is 0 Å². The van der Waals surface area contributed by atoms with Gasteiger partial charge in [-0.3, -0.25) is 14.4 Å². The van der Waals surface area contributed by atoms with Crippen molar-refractivity contribution in [2.24, 2.45) is 17.4 Å². The Kier molecular flexibility index (Phi) is 11.7. The van der Waals surface area contributed by atoms with Gasteiger partial charge in [0.1, 0.15) is 12.1 Å². The monoisotopic (exact) mass is 390 g/mol. The summed E-state index contributed by atoms with van der Waals surface area (Å²) in [5.41, 5.74) is 10.9. The van der Waals surface area contributed by atoms with Gasteiger partial charge >= 0.3 is 5.97 Å². The van der Waals surface area contributed by atoms with Crippen LogP contribution >= 0.6 is 11.8 Å². The highest BCUT2D eigenvalue weighted by molar-refractivity contribution is 7.98. The molecule has 0 aromatic rings. The van der Waals surface area contributed by atoms with Gasteiger partial charge in [-0.05, 0) is 37.2 Å². The van der Waals surface area contributed by atoms with Crippen molar-refractivity contribution in [2.45, 2.75) is 57.7 Å². The van der Waals surface area contributed by atoms with E-state index >= 15 is 0 Å². The number of nitrogens with one attached hydrogen (secondary N) is 2. The third-order valence-electron chi connectivity index (χ3n) is 3.60. The van der Waals surface area contributed by atoms with Crippen LogP contribution in [-0.2, 0) is 19.2 Å². The summed E-state index contributed by atoms with van der Waals surface area (Å²) < 4.78 is 0. The first-order valence-corrected chi connectivity index (χ1v) is 9.84. The summed E-state index contributed by atoms with van der Waals surface area (Å²) >= 11 is 1.46. The maximum Gasteiger partial charge on any atom is 0.326 e. The maximum absolute atomic E-state index is 12.4. The lowest BCUT2D eigenvalue weighted by Crippen LogP contribution is -2.54. The van der Waals surface area contributed by atoms with Crippen molar-refractivity contribution in [3.63, 3.8) is 0 Å². The first kappa shape index (κ1) is 24.2. The van der Waals surface area contributed by atoms with E-state index in [-0.39, 0.29) is 25.2 Å². The SMILES string of the molecule is CSCCC(NC(=O)C(CCC(N)=O)NC(=O)C(N)CC(C)C)C(=O)O. The molecule has 3 amide bonds. The van der Waals surface area contributed by atoms with Gasteiger partial charge in [0.2, 0.25) is 17.7 Å². The molecule has 0 rings (SSSR count). The summed E-state index contributed by atoms with van der Waals surface area (Å²) in [4.78, 5) is 46.9. The molecule has 0 spiro atoms. The van der Waals surface area contributed by atoms with Crippen LogP contribution < -0.4 is 22.1 Å². The fourth-order valence-corrected chi connectivity index (χ4v) is 2.69. The predicted octanol–water partition coefficient (Wildman–Crippen LogP) is -0.567. The lowest BCUT2D eigenvalue weighted by Gasteiger charge is -2.23. The Balaban J connectivity index is 5.02. The van der Waals surface area contributed by atoms with Crippen molar-refractivity contribution in [3.8, 4) is 0 Å². The Bertz CT molecular complexity index is 501. The van der Waals surface area contributed by atoms with E-state index in [2.05, 4.69) is 10.6 Å². The number of carboxylic acid groups (broad SMARTS) is 1. The van der Waals surface area contributed by atoms with Gasteiger partial charge in [-0.15, -0.1) is 0 Å². The van der Waals surface area contributed by atoms with Crippen molar-refractivity contribution < 1.29 is 24.3 Å². The van der Waals surface area contributed by atoms with E-state index in [4.69, 9.17) is 11.5 Å². The van der Waals surface area contributed by atoms with Crippen LogP contribution in [-0.4, -0.2) is 58.9 Å². The minimum atomic E-state index is -1.16. The zero-order valence-corrected chi connectivity index (χ0v) is 16.3. The fourth-order valence-electron chi connectivity index (χ4n) is 2.21. The molecule has 0 saturated carbocycles. The predicted molar refractivity (Wildman–Crippen MR) is 100 cm³/mol. The van der Waals surface area contributed by atoms with E-state index < -0.39 is 41.8 Å². The largest absolute Gasteiger partial charge is 0.480 e. The van der Waals surface area contributed by atoms with Crippen LogP contribution in [0.1, 0.15) is 39.5 Å². The third kappa shape index (κ3) is 10.2. The molecule has 0 fully saturated rings. The highest BCUT2D eigenvalue weighted by atomic mass is 32.2. The van der Waals surface area contributed by atoms with Crippen molar-refractivity contribution in [1.29, 1.82) is 0 Å². The van der Waals surface area contributed by atoms with E-state index in [1.807, 2.05) is 20.1 Å². The highest BCUT2D eigenvalue weighted by Crippen LogP contribution is 2.06. The normalized spacial score (nSPS) is 14.3. The maximum atomic E-state index is 12.4. The van der Waals surface area contributed by atoms with Crippen molar-refractivity contribution in [3.05, 3.63) is 0 Å². The van der Waals surface area contributed by atoms with Gasteiger partial charge in [-0.2, -0.15) is 11.8 Å². The van der Waals surface area contributed by atoms with Gasteiger partial charge in [-0.1, -0.05) is 13.8 Å². The number of carboxylic acids is 1. The average molecular weight is 391 g/mol. The molecular weight excluding hydrogens is 360 g/mol. The van der Waals surface area contributed by atoms with Gasteiger partial charge in [0, 0.05) is 6.42 Å². The Labute approximate surface area is 158 Å². The van der Waals surface area contributed by atoms with Gasteiger partial charge in [0.15, 0.2) is 0 Å². The lowest BCUT2D eigenvalue weighted by atomic mass is 10.0. The molecule has 0 heterocycles. The van der Waals surface area contributed by atoms with Crippen LogP contribution in [0.25, 0.3) is 0 Å². The molecule has 0 aromatic carbocycles. The molecule has 150 valence electrons. The lowest BCUT2D eigenvalue weighted by molar-refractivity contribution is -0.142. The molecule has 0 aliphatic carbocycles. The van der Waals surface area contributed by atoms with E-state index in [9.17, 15) is 24.3 Å². The van der Waals surface area contributed by atoms with E-state index in [0.717, 1.165) is 0 Å². The zero-order valence-electron chi connectivity index (χ0n) is 15.5. The second-order valence-electron chi connectivity index (χ2n) is 6.48. The van der Waals surface area contributed by atoms with Crippen LogP contribution in [0.4, 0.5) is 0 Å². The molecular formula is C16H30N4O5S. The molecule has 0 aliphatic rings. The number of hydrogen-bond donors (Lipinski definition) is 5. The number of carbonyl (C=O) groups is 4. The Morgan fingerprint density at radius 1 is 1.04 bits per heavy atom. The summed E-state index contributed by atoms with van der Waals surface area (Å²) in [6.45, 7) is 3.82. The number of amides is 3. The topological polar surface area (TPSA) is 165 Å². The second-order valence-corrected chi connectivity index (χ2v) is 7.47. The van der Waals surface area contributed by atoms with Crippen molar-refractivity contribution in [2.75, 3.05) is 12.0 Å². The smallest absolute Gasteiger partial charge is 0.326 e. The average Bonchev–Trinajstić information content (AvgIpc) is 2.53. The number of aliphatic carboxylic acids is 1. The Morgan fingerprint density at radius 3 is 2.08 bits per heavy atom. The summed E-state index contributed by atoms with van der Waals surface area (Å²) in [6.07, 6.45) is 2.34. The zero-order chi connectivity index (χ0) is 20.3. The van der Waals surface area contributed by atoms with E-state index in [0.29, 0.717) is 12.2 Å². The number of hydrogen-bond acceptors (Lipinski definition) is 6. The molecule has 0 saturated heterocycles. The van der Waals surface area contributed by atoms with E-state index in [1.165, 1.54) is 11.8 Å². The quantitative estimate of drug-likeness (QED) is 0.281. The van der Waals surface area contributed by atoms with Crippen LogP contribution in [0.3, 0.4) is 0 Å². The van der Waals surface area contributed by atoms with Gasteiger partial charge in [-0.25, -0.2) is 4.79 Å². The molecule has 0 radical (unpaired) electrons. The molecule has 3 unspecified atom stereocenters.